The number of amides is 3. The molecule has 36 heavy (non-hydrogen) atoms. The molecule has 0 radical (unpaired) electrons. The van der Waals surface area contributed by atoms with Gasteiger partial charge in [-0.3, -0.25) is 19.7 Å². The summed E-state index contributed by atoms with van der Waals surface area (Å²) in [5.41, 5.74) is 1.28. The van der Waals surface area contributed by atoms with E-state index in [-0.39, 0.29) is 56.8 Å². The summed E-state index contributed by atoms with van der Waals surface area (Å²) in [5, 5.41) is 2.22. The van der Waals surface area contributed by atoms with E-state index >= 15 is 0 Å². The number of carbonyl (C=O) groups excluding carboxylic acids is 3. The van der Waals surface area contributed by atoms with Crippen LogP contribution in [0.1, 0.15) is 53.1 Å². The minimum atomic E-state index is -4.27. The highest BCUT2D eigenvalue weighted by Crippen LogP contribution is 2.38. The molecule has 1 atom stereocenters. The summed E-state index contributed by atoms with van der Waals surface area (Å²) >= 11 is 0. The lowest BCUT2D eigenvalue weighted by Gasteiger charge is -2.32. The highest BCUT2D eigenvalue weighted by Gasteiger charge is 2.41. The van der Waals surface area contributed by atoms with E-state index in [1.807, 2.05) is 0 Å². The second-order valence-electron chi connectivity index (χ2n) is 9.17. The average molecular weight is 522 g/mol. The third kappa shape index (κ3) is 4.17. The molecule has 5 rings (SSSR count). The number of rotatable bonds is 4. The van der Waals surface area contributed by atoms with Gasteiger partial charge < -0.3 is 4.90 Å². The summed E-state index contributed by atoms with van der Waals surface area (Å²) in [7, 11) is -4.27. The Morgan fingerprint density at radius 2 is 1.64 bits per heavy atom. The van der Waals surface area contributed by atoms with Crippen LogP contribution in [0.25, 0.3) is 0 Å². The van der Waals surface area contributed by atoms with Crippen LogP contribution in [-0.4, -0.2) is 54.5 Å². The van der Waals surface area contributed by atoms with Crippen molar-refractivity contribution in [2.45, 2.75) is 49.1 Å². The first-order chi connectivity index (χ1) is 17.1. The van der Waals surface area contributed by atoms with Crippen molar-refractivity contribution in [3.05, 3.63) is 64.5 Å². The predicted molar refractivity (Wildman–Crippen MR) is 120 cm³/mol. The number of hydrogen-bond donors (Lipinski definition) is 1. The molecule has 1 unspecified atom stereocenters. The number of fused-ring (bicyclic) bond motifs is 1. The molecule has 0 spiro atoms. The zero-order valence-electron chi connectivity index (χ0n) is 19.0. The third-order valence-corrected chi connectivity index (χ3v) is 8.97. The summed E-state index contributed by atoms with van der Waals surface area (Å²) in [6.07, 6.45) is 0.822. The second kappa shape index (κ2) is 9.00. The van der Waals surface area contributed by atoms with Crippen molar-refractivity contribution >= 4 is 27.7 Å². The van der Waals surface area contributed by atoms with Crippen molar-refractivity contribution < 1.29 is 36.0 Å². The van der Waals surface area contributed by atoms with Crippen molar-refractivity contribution in [2.24, 2.45) is 0 Å². The van der Waals surface area contributed by atoms with E-state index in [1.54, 1.807) is 0 Å². The molecule has 2 aromatic rings. The first-order valence-corrected chi connectivity index (χ1v) is 12.9. The highest BCUT2D eigenvalue weighted by atomic mass is 32.2. The number of piperidine rings is 2. The molecule has 190 valence electrons. The van der Waals surface area contributed by atoms with Crippen molar-refractivity contribution in [3.8, 4) is 0 Å². The van der Waals surface area contributed by atoms with E-state index in [2.05, 4.69) is 5.32 Å². The Balaban J connectivity index is 1.37. The van der Waals surface area contributed by atoms with E-state index in [0.29, 0.717) is 17.2 Å². The average Bonchev–Trinajstić information content (AvgIpc) is 3.16. The Labute approximate surface area is 205 Å². The van der Waals surface area contributed by atoms with Gasteiger partial charge in [-0.15, -0.1) is 0 Å². The maximum absolute atomic E-state index is 14.5. The fourth-order valence-electron chi connectivity index (χ4n) is 5.24. The number of nitrogens with zero attached hydrogens (tertiary/aromatic N) is 2. The molecule has 2 aromatic carbocycles. The van der Waals surface area contributed by atoms with E-state index in [9.17, 15) is 36.0 Å². The summed E-state index contributed by atoms with van der Waals surface area (Å²) < 4.78 is 69.1. The zero-order chi connectivity index (χ0) is 25.8. The number of nitrogens with one attached hydrogen (secondary N) is 1. The van der Waals surface area contributed by atoms with Crippen LogP contribution < -0.4 is 5.32 Å². The summed E-state index contributed by atoms with van der Waals surface area (Å²) in [6, 6.07) is 3.85. The number of imide groups is 1. The zero-order valence-corrected chi connectivity index (χ0v) is 19.8. The molecule has 1 N–H and O–H groups in total. The van der Waals surface area contributed by atoms with Crippen LogP contribution in [-0.2, 0) is 26.2 Å². The van der Waals surface area contributed by atoms with Crippen LogP contribution in [0, 0.1) is 17.5 Å². The van der Waals surface area contributed by atoms with Gasteiger partial charge >= 0.3 is 0 Å². The Morgan fingerprint density at radius 3 is 2.33 bits per heavy atom. The minimum absolute atomic E-state index is 0.000949. The predicted octanol–water partition coefficient (Wildman–Crippen LogP) is 2.43. The van der Waals surface area contributed by atoms with Crippen molar-refractivity contribution in [1.29, 1.82) is 0 Å². The van der Waals surface area contributed by atoms with Gasteiger partial charge in [0.05, 0.1) is 0 Å². The topological polar surface area (TPSA) is 104 Å². The lowest BCUT2D eigenvalue weighted by molar-refractivity contribution is -0.136. The van der Waals surface area contributed by atoms with Gasteiger partial charge in [-0.2, -0.15) is 4.31 Å². The van der Waals surface area contributed by atoms with Gasteiger partial charge in [0.25, 0.3) is 5.91 Å². The van der Waals surface area contributed by atoms with Crippen LogP contribution in [0.5, 0.6) is 0 Å². The molecule has 2 fully saturated rings. The van der Waals surface area contributed by atoms with Gasteiger partial charge in [-0.05, 0) is 66.6 Å². The third-order valence-electron chi connectivity index (χ3n) is 7.06. The van der Waals surface area contributed by atoms with E-state index in [4.69, 9.17) is 0 Å². The molecule has 3 aliphatic rings. The SMILES string of the molecule is O=C1CCC(N2Cc3c(cc(F)cc3C3CCN(S(=O)(=O)c4cc(F)ccc4F)CC3)C2=O)C(=O)N1. The molecule has 0 aromatic heterocycles. The van der Waals surface area contributed by atoms with Crippen molar-refractivity contribution in [3.63, 3.8) is 0 Å². The molecule has 12 heteroatoms. The van der Waals surface area contributed by atoms with Crippen molar-refractivity contribution in [2.75, 3.05) is 13.1 Å². The smallest absolute Gasteiger partial charge is 0.255 e. The highest BCUT2D eigenvalue weighted by molar-refractivity contribution is 7.89. The largest absolute Gasteiger partial charge is 0.322 e. The molecule has 2 saturated heterocycles. The summed E-state index contributed by atoms with van der Waals surface area (Å²) in [4.78, 5) is 37.5. The number of carbonyl (C=O) groups is 3. The fraction of sp³-hybridized carbons (Fsp3) is 0.375. The molecule has 0 saturated carbocycles. The molecule has 0 aliphatic carbocycles. The van der Waals surface area contributed by atoms with Gasteiger partial charge in [0.2, 0.25) is 21.8 Å². The first kappa shape index (κ1) is 24.4. The molecular weight excluding hydrogens is 499 g/mol. The van der Waals surface area contributed by atoms with Crippen LogP contribution in [0.4, 0.5) is 13.2 Å². The standard InChI is InChI=1S/C24H22F3N3O5S/c25-14-1-2-19(27)21(11-14)36(34,35)29-7-5-13(6-8-29)16-9-15(26)10-17-18(16)12-30(24(17)33)20-3-4-22(31)28-23(20)32/h1-2,9-11,13,20H,3-8,12H2,(H,28,31,32). The molecule has 3 amide bonds. The molecule has 8 nitrogen and oxygen atoms in total. The second-order valence-corrected chi connectivity index (χ2v) is 11.1. The quantitative estimate of drug-likeness (QED) is 0.623. The lowest BCUT2D eigenvalue weighted by Crippen LogP contribution is -2.52. The monoisotopic (exact) mass is 521 g/mol. The number of benzene rings is 2. The molecule has 0 bridgehead atoms. The maximum Gasteiger partial charge on any atom is 0.255 e. The van der Waals surface area contributed by atoms with Gasteiger partial charge in [0, 0.05) is 31.6 Å². The summed E-state index contributed by atoms with van der Waals surface area (Å²) in [6.45, 7) is 0.0706. The van der Waals surface area contributed by atoms with Crippen LogP contribution >= 0.6 is 0 Å². The van der Waals surface area contributed by atoms with E-state index < -0.39 is 56.1 Å². The molecule has 3 heterocycles. The maximum atomic E-state index is 14.5. The fourth-order valence-corrected chi connectivity index (χ4v) is 6.78. The Kier molecular flexibility index (Phi) is 6.11. The van der Waals surface area contributed by atoms with Gasteiger partial charge in [0.1, 0.15) is 28.4 Å². The number of hydrogen-bond acceptors (Lipinski definition) is 5. The summed E-state index contributed by atoms with van der Waals surface area (Å²) in [5.74, 6) is -4.31. The van der Waals surface area contributed by atoms with Crippen LogP contribution in [0.15, 0.2) is 35.2 Å². The van der Waals surface area contributed by atoms with E-state index in [1.165, 1.54) is 11.0 Å². The Bertz CT molecular complexity index is 1390. The Morgan fingerprint density at radius 1 is 0.917 bits per heavy atom. The number of halogens is 3. The number of sulfonamides is 1. The van der Waals surface area contributed by atoms with Gasteiger partial charge in [-0.1, -0.05) is 0 Å². The minimum Gasteiger partial charge on any atom is -0.322 e. The van der Waals surface area contributed by atoms with E-state index in [0.717, 1.165) is 22.5 Å². The van der Waals surface area contributed by atoms with Crippen LogP contribution in [0.3, 0.4) is 0 Å². The first-order valence-electron chi connectivity index (χ1n) is 11.5. The molecular formula is C24H22F3N3O5S. The lowest BCUT2D eigenvalue weighted by atomic mass is 9.86. The molecule has 3 aliphatic heterocycles. The van der Waals surface area contributed by atoms with Crippen LogP contribution in [0.2, 0.25) is 0 Å². The normalized spacial score (nSPS) is 21.6. The van der Waals surface area contributed by atoms with Crippen molar-refractivity contribution in [1.82, 2.24) is 14.5 Å². The van der Waals surface area contributed by atoms with Gasteiger partial charge in [0.15, 0.2) is 0 Å². The Hall–Kier alpha value is -3.25. The van der Waals surface area contributed by atoms with Gasteiger partial charge in [-0.25, -0.2) is 21.6 Å².